The SMILES string of the molecule is CC(C)(C)OC(=O)N1[C@@H](CN2Cc3ccccc3C[C@@H]2C(=O)O)CC[C@H]1c1ccccc1. The number of aliphatic carboxylic acids is 1. The Morgan fingerprint density at radius 2 is 1.66 bits per heavy atom. The molecular weight excluding hydrogens is 404 g/mol. The number of carbonyl (C=O) groups excluding carboxylic acids is 1. The maximum absolute atomic E-state index is 13.3. The first-order chi connectivity index (χ1) is 15.2. The smallest absolute Gasteiger partial charge is 0.411 e. The Hall–Kier alpha value is -2.86. The number of carboxylic acids is 1. The molecule has 1 amide bonds. The van der Waals surface area contributed by atoms with Crippen molar-refractivity contribution in [2.45, 2.75) is 70.3 Å². The average Bonchev–Trinajstić information content (AvgIpc) is 3.16. The third kappa shape index (κ3) is 4.80. The van der Waals surface area contributed by atoms with Gasteiger partial charge in [-0.15, -0.1) is 0 Å². The van der Waals surface area contributed by atoms with E-state index in [0.717, 1.165) is 29.5 Å². The molecule has 170 valence electrons. The Balaban J connectivity index is 1.60. The van der Waals surface area contributed by atoms with E-state index < -0.39 is 17.6 Å². The number of hydrogen-bond acceptors (Lipinski definition) is 4. The van der Waals surface area contributed by atoms with E-state index in [0.29, 0.717) is 19.5 Å². The summed E-state index contributed by atoms with van der Waals surface area (Å²) < 4.78 is 5.78. The zero-order valence-electron chi connectivity index (χ0n) is 19.0. The number of likely N-dealkylation sites (tertiary alicyclic amines) is 1. The number of amides is 1. The monoisotopic (exact) mass is 436 g/mol. The normalized spacial score (nSPS) is 23.6. The first-order valence-corrected chi connectivity index (χ1v) is 11.3. The lowest BCUT2D eigenvalue weighted by Gasteiger charge is -2.39. The quantitative estimate of drug-likeness (QED) is 0.756. The molecule has 2 aliphatic heterocycles. The predicted octanol–water partition coefficient (Wildman–Crippen LogP) is 4.64. The van der Waals surface area contributed by atoms with Crippen LogP contribution in [-0.2, 0) is 22.5 Å². The van der Waals surface area contributed by atoms with Crippen LogP contribution in [0.4, 0.5) is 4.79 Å². The Bertz CT molecular complexity index is 969. The fourth-order valence-electron chi connectivity index (χ4n) is 4.94. The largest absolute Gasteiger partial charge is 0.480 e. The van der Waals surface area contributed by atoms with Gasteiger partial charge in [-0.1, -0.05) is 54.6 Å². The van der Waals surface area contributed by atoms with Gasteiger partial charge < -0.3 is 9.84 Å². The second-order valence-electron chi connectivity index (χ2n) is 9.80. The molecule has 1 saturated heterocycles. The van der Waals surface area contributed by atoms with Gasteiger partial charge in [0.1, 0.15) is 11.6 Å². The van der Waals surface area contributed by atoms with Crippen molar-refractivity contribution in [1.82, 2.24) is 9.80 Å². The molecule has 6 nitrogen and oxygen atoms in total. The lowest BCUT2D eigenvalue weighted by molar-refractivity contribution is -0.144. The van der Waals surface area contributed by atoms with Gasteiger partial charge in [0.15, 0.2) is 0 Å². The summed E-state index contributed by atoms with van der Waals surface area (Å²) in [5.41, 5.74) is 2.74. The fourth-order valence-corrected chi connectivity index (χ4v) is 4.94. The molecule has 2 aliphatic rings. The Morgan fingerprint density at radius 3 is 2.31 bits per heavy atom. The zero-order chi connectivity index (χ0) is 22.9. The fraction of sp³-hybridized carbons (Fsp3) is 0.462. The summed E-state index contributed by atoms with van der Waals surface area (Å²) in [6, 6.07) is 17.3. The van der Waals surface area contributed by atoms with Crippen molar-refractivity contribution in [3.63, 3.8) is 0 Å². The molecule has 3 atom stereocenters. The van der Waals surface area contributed by atoms with Gasteiger partial charge in [-0.2, -0.15) is 0 Å². The van der Waals surface area contributed by atoms with Crippen LogP contribution in [0.15, 0.2) is 54.6 Å². The lowest BCUT2D eigenvalue weighted by atomic mass is 9.93. The predicted molar refractivity (Wildman–Crippen MR) is 122 cm³/mol. The van der Waals surface area contributed by atoms with Gasteiger partial charge in [-0.3, -0.25) is 14.6 Å². The number of rotatable bonds is 4. The topological polar surface area (TPSA) is 70.1 Å². The van der Waals surface area contributed by atoms with Crippen LogP contribution in [0.1, 0.15) is 56.3 Å². The molecule has 4 rings (SSSR count). The van der Waals surface area contributed by atoms with Crippen molar-refractivity contribution in [3.05, 3.63) is 71.3 Å². The highest BCUT2D eigenvalue weighted by molar-refractivity contribution is 5.74. The van der Waals surface area contributed by atoms with E-state index in [-0.39, 0.29) is 18.2 Å². The molecule has 0 spiro atoms. The van der Waals surface area contributed by atoms with Crippen molar-refractivity contribution in [2.75, 3.05) is 6.54 Å². The van der Waals surface area contributed by atoms with Crippen LogP contribution in [-0.4, -0.2) is 51.2 Å². The van der Waals surface area contributed by atoms with Crippen LogP contribution >= 0.6 is 0 Å². The van der Waals surface area contributed by atoms with E-state index in [9.17, 15) is 14.7 Å². The van der Waals surface area contributed by atoms with Gasteiger partial charge in [0.05, 0.1) is 6.04 Å². The molecule has 0 aliphatic carbocycles. The highest BCUT2D eigenvalue weighted by Gasteiger charge is 2.42. The number of carbonyl (C=O) groups is 2. The number of fused-ring (bicyclic) bond motifs is 1. The molecule has 0 unspecified atom stereocenters. The minimum Gasteiger partial charge on any atom is -0.480 e. The van der Waals surface area contributed by atoms with Crippen molar-refractivity contribution in [3.8, 4) is 0 Å². The molecule has 2 aromatic rings. The Morgan fingerprint density at radius 1 is 1.00 bits per heavy atom. The number of ether oxygens (including phenoxy) is 1. The van der Waals surface area contributed by atoms with Gasteiger partial charge in [0, 0.05) is 19.1 Å². The van der Waals surface area contributed by atoms with E-state index in [2.05, 4.69) is 6.07 Å². The molecule has 0 aromatic heterocycles. The number of benzene rings is 2. The van der Waals surface area contributed by atoms with E-state index in [1.165, 1.54) is 0 Å². The van der Waals surface area contributed by atoms with Crippen LogP contribution < -0.4 is 0 Å². The minimum atomic E-state index is -0.819. The number of hydrogen-bond donors (Lipinski definition) is 1. The molecule has 0 radical (unpaired) electrons. The lowest BCUT2D eigenvalue weighted by Crippen LogP contribution is -2.52. The summed E-state index contributed by atoms with van der Waals surface area (Å²) in [4.78, 5) is 29.2. The second kappa shape index (κ2) is 8.94. The Kier molecular flexibility index (Phi) is 6.24. The van der Waals surface area contributed by atoms with Crippen LogP contribution in [0.2, 0.25) is 0 Å². The molecule has 2 aromatic carbocycles. The van der Waals surface area contributed by atoms with E-state index in [1.807, 2.05) is 79.1 Å². The van der Waals surface area contributed by atoms with Crippen molar-refractivity contribution in [1.29, 1.82) is 0 Å². The first kappa shape index (κ1) is 22.3. The van der Waals surface area contributed by atoms with Crippen molar-refractivity contribution in [2.24, 2.45) is 0 Å². The first-order valence-electron chi connectivity index (χ1n) is 11.3. The van der Waals surface area contributed by atoms with Gasteiger partial charge in [-0.05, 0) is 56.7 Å². The molecule has 32 heavy (non-hydrogen) atoms. The molecule has 2 heterocycles. The number of nitrogens with zero attached hydrogens (tertiary/aromatic N) is 2. The second-order valence-corrected chi connectivity index (χ2v) is 9.80. The van der Waals surface area contributed by atoms with E-state index in [1.54, 1.807) is 0 Å². The van der Waals surface area contributed by atoms with Gasteiger partial charge >= 0.3 is 12.1 Å². The summed E-state index contributed by atoms with van der Waals surface area (Å²) in [6.45, 7) is 6.69. The third-order valence-electron chi connectivity index (χ3n) is 6.37. The third-order valence-corrected chi connectivity index (χ3v) is 6.37. The summed E-state index contributed by atoms with van der Waals surface area (Å²) >= 11 is 0. The summed E-state index contributed by atoms with van der Waals surface area (Å²) in [7, 11) is 0. The minimum absolute atomic E-state index is 0.0728. The standard InChI is InChI=1S/C26H32N2O4/c1-26(2,3)32-25(31)28-21(13-14-22(28)18-9-5-4-6-10-18)17-27-16-20-12-8-7-11-19(20)15-23(27)24(29)30/h4-12,21-23H,13-17H2,1-3H3,(H,29,30)/t21-,22+,23-/m1/s1. The highest BCUT2D eigenvalue weighted by Crippen LogP contribution is 2.38. The van der Waals surface area contributed by atoms with Gasteiger partial charge in [-0.25, -0.2) is 4.79 Å². The molecule has 0 bridgehead atoms. The van der Waals surface area contributed by atoms with Gasteiger partial charge in [0.25, 0.3) is 0 Å². The molecular formula is C26H32N2O4. The molecule has 6 heteroatoms. The highest BCUT2D eigenvalue weighted by atomic mass is 16.6. The summed E-state index contributed by atoms with van der Waals surface area (Å²) in [6.07, 6.45) is 1.78. The zero-order valence-corrected chi connectivity index (χ0v) is 19.0. The van der Waals surface area contributed by atoms with Crippen LogP contribution in [0, 0.1) is 0 Å². The summed E-state index contributed by atoms with van der Waals surface area (Å²) in [5, 5.41) is 9.92. The molecule has 1 N–H and O–H groups in total. The maximum atomic E-state index is 13.3. The summed E-state index contributed by atoms with van der Waals surface area (Å²) in [5.74, 6) is -0.819. The Labute approximate surface area is 189 Å². The average molecular weight is 437 g/mol. The van der Waals surface area contributed by atoms with E-state index >= 15 is 0 Å². The number of carboxylic acid groups (broad SMARTS) is 1. The van der Waals surface area contributed by atoms with Crippen LogP contribution in [0.25, 0.3) is 0 Å². The van der Waals surface area contributed by atoms with Crippen molar-refractivity contribution < 1.29 is 19.4 Å². The maximum Gasteiger partial charge on any atom is 0.411 e. The van der Waals surface area contributed by atoms with E-state index in [4.69, 9.17) is 4.74 Å². The van der Waals surface area contributed by atoms with Crippen molar-refractivity contribution >= 4 is 12.1 Å². The molecule has 0 saturated carbocycles. The van der Waals surface area contributed by atoms with Crippen LogP contribution in [0.3, 0.4) is 0 Å². The molecule has 1 fully saturated rings. The van der Waals surface area contributed by atoms with Gasteiger partial charge in [0.2, 0.25) is 0 Å². The van der Waals surface area contributed by atoms with Crippen LogP contribution in [0.5, 0.6) is 0 Å².